The molecule has 0 heterocycles. The molecule has 0 atom stereocenters. The molecule has 0 aliphatic heterocycles. The van der Waals surface area contributed by atoms with Crippen LogP contribution in [-0.2, 0) is 0 Å². The molecule has 1 aromatic carbocycles. The molecule has 3 N–H and O–H groups in total. The van der Waals surface area contributed by atoms with E-state index in [9.17, 15) is 4.79 Å². The van der Waals surface area contributed by atoms with Crippen LogP contribution in [0.5, 0.6) is 0 Å². The van der Waals surface area contributed by atoms with Gasteiger partial charge in [0.25, 0.3) is 5.91 Å². The van der Waals surface area contributed by atoms with E-state index in [1.165, 1.54) is 12.8 Å². The Hall–Kier alpha value is -1.55. The highest BCUT2D eigenvalue weighted by atomic mass is 16.2. The second-order valence-electron chi connectivity index (χ2n) is 5.37. The second-order valence-corrected chi connectivity index (χ2v) is 5.37. The lowest BCUT2D eigenvalue weighted by Gasteiger charge is -2.22. The van der Waals surface area contributed by atoms with Gasteiger partial charge in [-0.2, -0.15) is 0 Å². The van der Waals surface area contributed by atoms with Crippen molar-refractivity contribution in [3.05, 3.63) is 29.3 Å². The Balaban J connectivity index is 2.12. The van der Waals surface area contributed by atoms with Crippen molar-refractivity contribution >= 4 is 11.6 Å². The lowest BCUT2D eigenvalue weighted by molar-refractivity contribution is 0.0747. The number of benzene rings is 1. The largest absolute Gasteiger partial charge is 0.338 e. The van der Waals surface area contributed by atoms with Crippen molar-refractivity contribution in [1.82, 2.24) is 4.90 Å². The van der Waals surface area contributed by atoms with Crippen molar-refractivity contribution < 1.29 is 4.79 Å². The van der Waals surface area contributed by atoms with E-state index in [-0.39, 0.29) is 5.91 Å². The fraction of sp³-hybridized carbons (Fsp3) is 0.533. The molecule has 0 bridgehead atoms. The van der Waals surface area contributed by atoms with Gasteiger partial charge in [-0.25, -0.2) is 0 Å². The summed E-state index contributed by atoms with van der Waals surface area (Å²) in [5.74, 6) is 6.28. The second kappa shape index (κ2) is 6.06. The first kappa shape index (κ1) is 13.9. The third-order valence-electron chi connectivity index (χ3n) is 3.59. The summed E-state index contributed by atoms with van der Waals surface area (Å²) in [6, 6.07) is 5.62. The molecule has 1 fully saturated rings. The highest BCUT2D eigenvalue weighted by molar-refractivity contribution is 5.95. The van der Waals surface area contributed by atoms with E-state index < -0.39 is 0 Å². The molecule has 4 nitrogen and oxygen atoms in total. The van der Waals surface area contributed by atoms with Crippen LogP contribution in [0.2, 0.25) is 0 Å². The fourth-order valence-corrected chi connectivity index (χ4v) is 2.30. The minimum Gasteiger partial charge on any atom is -0.338 e. The maximum atomic E-state index is 12.5. The molecule has 0 spiro atoms. The Morgan fingerprint density at radius 2 is 2.21 bits per heavy atom. The number of carbonyl (C=O) groups excluding carboxylic acids is 1. The Kier molecular flexibility index (Phi) is 4.43. The van der Waals surface area contributed by atoms with Crippen LogP contribution in [0.1, 0.15) is 42.1 Å². The molecule has 1 saturated carbocycles. The van der Waals surface area contributed by atoms with Gasteiger partial charge in [-0.05, 0) is 55.9 Å². The molecule has 1 amide bonds. The average molecular weight is 261 g/mol. The predicted molar refractivity (Wildman–Crippen MR) is 77.9 cm³/mol. The minimum atomic E-state index is 0.139. The molecule has 19 heavy (non-hydrogen) atoms. The maximum Gasteiger partial charge on any atom is 0.253 e. The van der Waals surface area contributed by atoms with Crippen LogP contribution in [0.25, 0.3) is 0 Å². The first-order chi connectivity index (χ1) is 9.15. The summed E-state index contributed by atoms with van der Waals surface area (Å²) in [5.41, 5.74) is 5.25. The number of hydrazine groups is 1. The molecule has 0 saturated heterocycles. The van der Waals surface area contributed by atoms with Gasteiger partial charge in [0.1, 0.15) is 0 Å². The number of amides is 1. The monoisotopic (exact) mass is 261 g/mol. The van der Waals surface area contributed by atoms with Gasteiger partial charge in [0.15, 0.2) is 0 Å². The minimum absolute atomic E-state index is 0.139. The zero-order chi connectivity index (χ0) is 13.8. The number of anilines is 1. The zero-order valence-corrected chi connectivity index (χ0v) is 11.8. The summed E-state index contributed by atoms with van der Waals surface area (Å²) in [6.45, 7) is 5.81. The first-order valence-electron chi connectivity index (χ1n) is 7.02. The van der Waals surface area contributed by atoms with Crippen LogP contribution in [0.4, 0.5) is 5.69 Å². The quantitative estimate of drug-likeness (QED) is 0.611. The van der Waals surface area contributed by atoms with Gasteiger partial charge in [-0.1, -0.05) is 6.92 Å². The summed E-state index contributed by atoms with van der Waals surface area (Å²) < 4.78 is 0. The van der Waals surface area contributed by atoms with Crippen LogP contribution >= 0.6 is 0 Å². The third kappa shape index (κ3) is 3.47. The van der Waals surface area contributed by atoms with Gasteiger partial charge in [0.05, 0.1) is 5.69 Å². The summed E-state index contributed by atoms with van der Waals surface area (Å²) in [5, 5.41) is 0. The number of nitrogens with two attached hydrogens (primary N) is 1. The van der Waals surface area contributed by atoms with Crippen molar-refractivity contribution in [2.45, 2.75) is 33.1 Å². The first-order valence-corrected chi connectivity index (χ1v) is 7.02. The normalized spacial score (nSPS) is 14.3. The third-order valence-corrected chi connectivity index (χ3v) is 3.59. The van der Waals surface area contributed by atoms with E-state index in [0.717, 1.165) is 42.2 Å². The Bertz CT molecular complexity index is 455. The van der Waals surface area contributed by atoms with Crippen molar-refractivity contribution in [3.8, 4) is 0 Å². The summed E-state index contributed by atoms with van der Waals surface area (Å²) >= 11 is 0. The lowest BCUT2D eigenvalue weighted by Crippen LogP contribution is -2.33. The summed E-state index contributed by atoms with van der Waals surface area (Å²) in [4.78, 5) is 14.5. The number of nitrogens with zero attached hydrogens (tertiary/aromatic N) is 1. The number of rotatable bonds is 6. The molecule has 0 radical (unpaired) electrons. The van der Waals surface area contributed by atoms with Crippen LogP contribution in [0.15, 0.2) is 18.2 Å². The summed E-state index contributed by atoms with van der Waals surface area (Å²) in [6.07, 6.45) is 3.53. The lowest BCUT2D eigenvalue weighted by atomic mass is 10.1. The number of hydrogen-bond acceptors (Lipinski definition) is 3. The van der Waals surface area contributed by atoms with Gasteiger partial charge in [0.2, 0.25) is 0 Å². The van der Waals surface area contributed by atoms with Crippen LogP contribution in [0.3, 0.4) is 0 Å². The van der Waals surface area contributed by atoms with Gasteiger partial charge < -0.3 is 10.3 Å². The van der Waals surface area contributed by atoms with Crippen LogP contribution in [-0.4, -0.2) is 23.9 Å². The molecule has 4 heteroatoms. The highest BCUT2D eigenvalue weighted by Gasteiger charge is 2.26. The molecule has 1 aromatic rings. The smallest absolute Gasteiger partial charge is 0.253 e. The SMILES string of the molecule is CCCN(CC1CC1)C(=O)c1ccc(NN)c(C)c1. The maximum absolute atomic E-state index is 12.5. The number of nitrogens with one attached hydrogen (secondary N) is 1. The molecular formula is C15H23N3O. The van der Waals surface area contributed by atoms with Gasteiger partial charge in [-0.15, -0.1) is 0 Å². The predicted octanol–water partition coefficient (Wildman–Crippen LogP) is 2.54. The highest BCUT2D eigenvalue weighted by Crippen LogP contribution is 2.30. The number of aryl methyl sites for hydroxylation is 1. The standard InChI is InChI=1S/C15H23N3O/c1-3-8-18(10-12-4-5-12)15(19)13-6-7-14(17-16)11(2)9-13/h6-7,9,12,17H,3-5,8,10,16H2,1-2H3. The molecule has 0 aromatic heterocycles. The van der Waals surface area contributed by atoms with Crippen molar-refractivity contribution in [3.63, 3.8) is 0 Å². The van der Waals surface area contributed by atoms with Crippen molar-refractivity contribution in [2.24, 2.45) is 11.8 Å². The fourth-order valence-electron chi connectivity index (χ4n) is 2.30. The molecule has 104 valence electrons. The zero-order valence-electron chi connectivity index (χ0n) is 11.8. The topological polar surface area (TPSA) is 58.4 Å². The molecule has 0 unspecified atom stereocenters. The molecule has 1 aliphatic carbocycles. The molecule has 1 aliphatic rings. The van der Waals surface area contributed by atoms with Gasteiger partial charge in [-0.3, -0.25) is 10.6 Å². The van der Waals surface area contributed by atoms with E-state index in [0.29, 0.717) is 0 Å². The molecular weight excluding hydrogens is 238 g/mol. The van der Waals surface area contributed by atoms with Crippen molar-refractivity contribution in [1.29, 1.82) is 0 Å². The Morgan fingerprint density at radius 3 is 2.74 bits per heavy atom. The van der Waals surface area contributed by atoms with Crippen molar-refractivity contribution in [2.75, 3.05) is 18.5 Å². The van der Waals surface area contributed by atoms with Crippen LogP contribution in [0, 0.1) is 12.8 Å². The van der Waals surface area contributed by atoms with Gasteiger partial charge >= 0.3 is 0 Å². The Labute approximate surface area is 114 Å². The van der Waals surface area contributed by atoms with E-state index in [4.69, 9.17) is 5.84 Å². The summed E-state index contributed by atoms with van der Waals surface area (Å²) in [7, 11) is 0. The van der Waals surface area contributed by atoms with E-state index in [1.54, 1.807) is 0 Å². The number of nitrogen functional groups attached to an aromatic ring is 1. The van der Waals surface area contributed by atoms with E-state index in [2.05, 4.69) is 12.3 Å². The average Bonchev–Trinajstić information content (AvgIpc) is 3.21. The van der Waals surface area contributed by atoms with E-state index >= 15 is 0 Å². The van der Waals surface area contributed by atoms with E-state index in [1.807, 2.05) is 30.0 Å². The number of hydrogen-bond donors (Lipinski definition) is 2. The Morgan fingerprint density at radius 1 is 1.47 bits per heavy atom. The molecule has 2 rings (SSSR count). The van der Waals surface area contributed by atoms with Gasteiger partial charge in [0, 0.05) is 18.7 Å². The van der Waals surface area contributed by atoms with Crippen LogP contribution < -0.4 is 11.3 Å². The number of carbonyl (C=O) groups is 1.